The summed E-state index contributed by atoms with van der Waals surface area (Å²) in [5.41, 5.74) is 0. The zero-order valence-electron chi connectivity index (χ0n) is 14.7. The summed E-state index contributed by atoms with van der Waals surface area (Å²) in [7, 11) is 0. The van der Waals surface area contributed by atoms with Gasteiger partial charge in [-0.05, 0) is 37.1 Å². The van der Waals surface area contributed by atoms with Crippen LogP contribution in [0.3, 0.4) is 0 Å². The Morgan fingerprint density at radius 1 is 1.31 bits per heavy atom. The topological polar surface area (TPSA) is 69.0 Å². The maximum Gasteiger partial charge on any atom is 0.230 e. The Morgan fingerprint density at radius 3 is 2.92 bits per heavy atom. The summed E-state index contributed by atoms with van der Waals surface area (Å²) in [5.74, 6) is 1.34. The minimum absolute atomic E-state index is 0.0891. The molecule has 1 aliphatic heterocycles. The molecule has 0 aromatic carbocycles. The van der Waals surface area contributed by atoms with Crippen molar-refractivity contribution >= 4 is 29.0 Å². The molecule has 1 saturated carbocycles. The molecule has 1 amide bonds. The van der Waals surface area contributed by atoms with Gasteiger partial charge in [-0.3, -0.25) is 9.36 Å². The lowest BCUT2D eigenvalue weighted by Gasteiger charge is -2.15. The number of nitrogens with one attached hydrogen (secondary N) is 1. The van der Waals surface area contributed by atoms with Crippen LogP contribution in [0.15, 0.2) is 22.7 Å². The molecule has 1 atom stereocenters. The second kappa shape index (κ2) is 8.54. The van der Waals surface area contributed by atoms with E-state index in [1.54, 1.807) is 11.3 Å². The van der Waals surface area contributed by atoms with Gasteiger partial charge in [-0.2, -0.15) is 0 Å². The number of amides is 1. The van der Waals surface area contributed by atoms with Crippen LogP contribution in [0.1, 0.15) is 38.5 Å². The number of ether oxygens (including phenoxy) is 1. The highest BCUT2D eigenvalue weighted by atomic mass is 32.2. The van der Waals surface area contributed by atoms with E-state index in [0.29, 0.717) is 11.8 Å². The van der Waals surface area contributed by atoms with Gasteiger partial charge < -0.3 is 10.1 Å². The van der Waals surface area contributed by atoms with Gasteiger partial charge in [0.05, 0.1) is 23.3 Å². The van der Waals surface area contributed by atoms with Crippen LogP contribution < -0.4 is 5.32 Å². The van der Waals surface area contributed by atoms with E-state index in [4.69, 9.17) is 4.74 Å². The standard InChI is InChI=1S/C18H24N4O2S2/c23-16(19-13-5-1-2-6-13)12-26-18-21-20-17(15-8-4-10-25-15)22(18)11-14-7-3-9-24-14/h4,8,10,13-14H,1-3,5-7,9,11-12H2,(H,19,23)/t14-/m0/s1. The molecule has 8 heteroatoms. The van der Waals surface area contributed by atoms with Crippen molar-refractivity contribution < 1.29 is 9.53 Å². The predicted molar refractivity (Wildman–Crippen MR) is 103 cm³/mol. The molecule has 1 saturated heterocycles. The first-order chi connectivity index (χ1) is 12.8. The Balaban J connectivity index is 1.44. The summed E-state index contributed by atoms with van der Waals surface area (Å²) in [5, 5.41) is 14.7. The summed E-state index contributed by atoms with van der Waals surface area (Å²) < 4.78 is 7.93. The average Bonchev–Trinajstić information content (AvgIpc) is 3.42. The van der Waals surface area contributed by atoms with E-state index < -0.39 is 0 Å². The maximum absolute atomic E-state index is 12.3. The SMILES string of the molecule is O=C(CSc1nnc(-c2cccs2)n1C[C@@H]1CCCO1)NC1CCCC1. The summed E-state index contributed by atoms with van der Waals surface area (Å²) in [6, 6.07) is 4.43. The van der Waals surface area contributed by atoms with Crippen LogP contribution in [-0.2, 0) is 16.1 Å². The van der Waals surface area contributed by atoms with E-state index in [2.05, 4.69) is 26.1 Å². The van der Waals surface area contributed by atoms with Gasteiger partial charge in [-0.1, -0.05) is 30.7 Å². The first-order valence-electron chi connectivity index (χ1n) is 9.30. The predicted octanol–water partition coefficient (Wildman–Crippen LogP) is 3.34. The molecule has 2 fully saturated rings. The van der Waals surface area contributed by atoms with Crippen molar-refractivity contribution in [2.75, 3.05) is 12.4 Å². The number of carbonyl (C=O) groups excluding carboxylic acids is 1. The number of hydrogen-bond acceptors (Lipinski definition) is 6. The molecular formula is C18H24N4O2S2. The molecule has 140 valence electrons. The van der Waals surface area contributed by atoms with Crippen LogP contribution in [0.4, 0.5) is 0 Å². The van der Waals surface area contributed by atoms with Crippen molar-refractivity contribution in [1.82, 2.24) is 20.1 Å². The summed E-state index contributed by atoms with van der Waals surface area (Å²) >= 11 is 3.12. The number of rotatable bonds is 7. The van der Waals surface area contributed by atoms with Gasteiger partial charge in [0.2, 0.25) is 5.91 Å². The largest absolute Gasteiger partial charge is 0.376 e. The van der Waals surface area contributed by atoms with Crippen LogP contribution in [0.2, 0.25) is 0 Å². The number of hydrogen-bond donors (Lipinski definition) is 1. The minimum Gasteiger partial charge on any atom is -0.376 e. The molecule has 0 radical (unpaired) electrons. The number of thiophene rings is 1. The van der Waals surface area contributed by atoms with E-state index in [0.717, 1.165) is 54.7 Å². The summed E-state index contributed by atoms with van der Waals surface area (Å²) in [6.45, 7) is 1.57. The highest BCUT2D eigenvalue weighted by Gasteiger charge is 2.23. The number of thioether (sulfide) groups is 1. The molecule has 2 aromatic rings. The molecule has 2 aromatic heterocycles. The molecule has 0 unspecified atom stereocenters. The smallest absolute Gasteiger partial charge is 0.230 e. The Labute approximate surface area is 161 Å². The minimum atomic E-state index is 0.0891. The van der Waals surface area contributed by atoms with E-state index in [1.807, 2.05) is 11.4 Å². The normalized spacial score (nSPS) is 20.7. The van der Waals surface area contributed by atoms with Gasteiger partial charge in [0, 0.05) is 12.6 Å². The van der Waals surface area contributed by atoms with Gasteiger partial charge in [-0.15, -0.1) is 21.5 Å². The van der Waals surface area contributed by atoms with Crippen LogP contribution in [0, 0.1) is 0 Å². The monoisotopic (exact) mass is 392 g/mol. The third-order valence-electron chi connectivity index (χ3n) is 4.92. The van der Waals surface area contributed by atoms with Crippen LogP contribution >= 0.6 is 23.1 Å². The second-order valence-electron chi connectivity index (χ2n) is 6.87. The number of aromatic nitrogens is 3. The van der Waals surface area contributed by atoms with Gasteiger partial charge in [0.1, 0.15) is 0 Å². The van der Waals surface area contributed by atoms with Crippen LogP contribution in [0.25, 0.3) is 10.7 Å². The van der Waals surface area contributed by atoms with Crippen molar-refractivity contribution in [2.24, 2.45) is 0 Å². The molecule has 4 rings (SSSR count). The molecule has 1 aliphatic carbocycles. The van der Waals surface area contributed by atoms with Crippen molar-refractivity contribution in [3.05, 3.63) is 17.5 Å². The summed E-state index contributed by atoms with van der Waals surface area (Å²) in [6.07, 6.45) is 7.02. The van der Waals surface area contributed by atoms with Gasteiger partial charge in [0.25, 0.3) is 0 Å². The first kappa shape index (κ1) is 18.0. The highest BCUT2D eigenvalue weighted by Crippen LogP contribution is 2.29. The van der Waals surface area contributed by atoms with E-state index in [1.165, 1.54) is 24.6 Å². The molecule has 2 aliphatic rings. The fraction of sp³-hybridized carbons (Fsp3) is 0.611. The molecule has 3 heterocycles. The second-order valence-corrected chi connectivity index (χ2v) is 8.76. The van der Waals surface area contributed by atoms with Crippen LogP contribution in [-0.4, -0.2) is 45.2 Å². The van der Waals surface area contributed by atoms with Crippen molar-refractivity contribution in [3.63, 3.8) is 0 Å². The lowest BCUT2D eigenvalue weighted by molar-refractivity contribution is -0.119. The highest BCUT2D eigenvalue weighted by molar-refractivity contribution is 7.99. The fourth-order valence-electron chi connectivity index (χ4n) is 3.61. The number of nitrogens with zero attached hydrogens (tertiary/aromatic N) is 3. The molecule has 6 nitrogen and oxygen atoms in total. The average molecular weight is 393 g/mol. The zero-order chi connectivity index (χ0) is 17.8. The van der Waals surface area contributed by atoms with Gasteiger partial charge >= 0.3 is 0 Å². The Kier molecular flexibility index (Phi) is 5.91. The lowest BCUT2D eigenvalue weighted by Crippen LogP contribution is -2.33. The van der Waals surface area contributed by atoms with E-state index >= 15 is 0 Å². The quantitative estimate of drug-likeness (QED) is 0.732. The molecule has 1 N–H and O–H groups in total. The molecular weight excluding hydrogens is 368 g/mol. The Morgan fingerprint density at radius 2 is 2.19 bits per heavy atom. The van der Waals surface area contributed by atoms with Crippen molar-refractivity contribution in [2.45, 2.75) is 62.4 Å². The lowest BCUT2D eigenvalue weighted by atomic mass is 10.2. The molecule has 26 heavy (non-hydrogen) atoms. The maximum atomic E-state index is 12.3. The van der Waals surface area contributed by atoms with Gasteiger partial charge in [-0.25, -0.2) is 0 Å². The Hall–Kier alpha value is -1.38. The first-order valence-corrected chi connectivity index (χ1v) is 11.2. The van der Waals surface area contributed by atoms with Crippen molar-refractivity contribution in [3.8, 4) is 10.7 Å². The van der Waals surface area contributed by atoms with E-state index in [-0.39, 0.29) is 12.0 Å². The third kappa shape index (κ3) is 4.29. The number of carbonyl (C=O) groups is 1. The summed E-state index contributed by atoms with van der Waals surface area (Å²) in [4.78, 5) is 13.3. The van der Waals surface area contributed by atoms with Crippen LogP contribution in [0.5, 0.6) is 0 Å². The third-order valence-corrected chi connectivity index (χ3v) is 6.75. The fourth-order valence-corrected chi connectivity index (χ4v) is 5.09. The Bertz CT molecular complexity index is 720. The molecule has 0 spiro atoms. The molecule has 0 bridgehead atoms. The van der Waals surface area contributed by atoms with E-state index in [9.17, 15) is 4.79 Å². The van der Waals surface area contributed by atoms with Gasteiger partial charge in [0.15, 0.2) is 11.0 Å². The zero-order valence-corrected chi connectivity index (χ0v) is 16.4. The van der Waals surface area contributed by atoms with Crippen molar-refractivity contribution in [1.29, 1.82) is 0 Å².